The predicted molar refractivity (Wildman–Crippen MR) is 105 cm³/mol. The first-order valence-electron chi connectivity index (χ1n) is 7.59. The quantitative estimate of drug-likeness (QED) is 0.510. The molecule has 27 heavy (non-hydrogen) atoms. The molecule has 0 saturated heterocycles. The number of nitrogens with zero attached hydrogens (tertiary/aromatic N) is 2. The van der Waals surface area contributed by atoms with Gasteiger partial charge in [-0.05, 0) is 36.4 Å². The first-order chi connectivity index (χ1) is 12.7. The minimum atomic E-state index is -3.80. The van der Waals surface area contributed by atoms with Crippen molar-refractivity contribution in [2.24, 2.45) is 5.10 Å². The number of hydrogen-bond donors (Lipinski definition) is 1. The monoisotopic (exact) mass is 457 g/mol. The van der Waals surface area contributed by atoms with Gasteiger partial charge in [-0.15, -0.1) is 0 Å². The van der Waals surface area contributed by atoms with Crippen LogP contribution in [0.15, 0.2) is 52.0 Å². The van der Waals surface area contributed by atoms with Crippen LogP contribution in [0.3, 0.4) is 0 Å². The van der Waals surface area contributed by atoms with E-state index in [9.17, 15) is 17.6 Å². The molecule has 10 heteroatoms. The molecule has 7 nitrogen and oxygen atoms in total. The van der Waals surface area contributed by atoms with Gasteiger partial charge in [0.25, 0.3) is 5.91 Å². The lowest BCUT2D eigenvalue weighted by atomic mass is 10.2. The molecule has 0 aromatic heterocycles. The van der Waals surface area contributed by atoms with E-state index in [4.69, 9.17) is 4.74 Å². The summed E-state index contributed by atoms with van der Waals surface area (Å²) in [6.07, 6.45) is 2.30. The van der Waals surface area contributed by atoms with Crippen LogP contribution in [-0.2, 0) is 14.8 Å². The third-order valence-corrected chi connectivity index (χ3v) is 5.00. The number of ether oxygens (including phenoxy) is 1. The first-order valence-corrected chi connectivity index (χ1v) is 10.2. The number of benzene rings is 2. The maximum atomic E-state index is 13.4. The highest BCUT2D eigenvalue weighted by Crippen LogP contribution is 2.21. The number of sulfonamides is 1. The van der Waals surface area contributed by atoms with Gasteiger partial charge in [-0.2, -0.15) is 5.10 Å². The Morgan fingerprint density at radius 2 is 2.07 bits per heavy atom. The van der Waals surface area contributed by atoms with Gasteiger partial charge in [-0.3, -0.25) is 9.10 Å². The van der Waals surface area contributed by atoms with Crippen LogP contribution in [0, 0.1) is 5.82 Å². The van der Waals surface area contributed by atoms with E-state index in [1.807, 2.05) is 0 Å². The van der Waals surface area contributed by atoms with Crippen molar-refractivity contribution in [2.45, 2.75) is 0 Å². The molecule has 144 valence electrons. The Hall–Kier alpha value is -2.46. The van der Waals surface area contributed by atoms with Crippen LogP contribution >= 0.6 is 15.9 Å². The van der Waals surface area contributed by atoms with Gasteiger partial charge in [-0.25, -0.2) is 18.2 Å². The van der Waals surface area contributed by atoms with Gasteiger partial charge in [0.2, 0.25) is 10.0 Å². The predicted octanol–water partition coefficient (Wildman–Crippen LogP) is 2.51. The van der Waals surface area contributed by atoms with Gasteiger partial charge in [0.15, 0.2) is 0 Å². The largest absolute Gasteiger partial charge is 0.496 e. The molecule has 0 unspecified atom stereocenters. The molecule has 1 N–H and O–H groups in total. The highest BCUT2D eigenvalue weighted by Gasteiger charge is 2.21. The van der Waals surface area contributed by atoms with Crippen LogP contribution < -0.4 is 14.5 Å². The molecule has 0 radical (unpaired) electrons. The van der Waals surface area contributed by atoms with E-state index in [0.717, 1.165) is 21.1 Å². The van der Waals surface area contributed by atoms with Gasteiger partial charge in [0, 0.05) is 10.0 Å². The first kappa shape index (κ1) is 20.8. The number of anilines is 1. The summed E-state index contributed by atoms with van der Waals surface area (Å²) in [6.45, 7) is -0.546. The highest BCUT2D eigenvalue weighted by atomic mass is 79.9. The molecule has 2 aromatic rings. The lowest BCUT2D eigenvalue weighted by Crippen LogP contribution is -2.39. The van der Waals surface area contributed by atoms with Crippen LogP contribution in [0.1, 0.15) is 5.56 Å². The fourth-order valence-corrected chi connectivity index (χ4v) is 3.40. The van der Waals surface area contributed by atoms with Crippen molar-refractivity contribution in [1.29, 1.82) is 0 Å². The Morgan fingerprint density at radius 3 is 2.70 bits per heavy atom. The molecule has 0 bridgehead atoms. The Labute approximate surface area is 165 Å². The Balaban J connectivity index is 2.12. The van der Waals surface area contributed by atoms with Crippen LogP contribution in [0.25, 0.3) is 0 Å². The Bertz CT molecular complexity index is 966. The second-order valence-corrected chi connectivity index (χ2v) is 8.25. The van der Waals surface area contributed by atoms with Gasteiger partial charge >= 0.3 is 0 Å². The van der Waals surface area contributed by atoms with Crippen LogP contribution in [0.2, 0.25) is 0 Å². The van der Waals surface area contributed by atoms with Crippen molar-refractivity contribution in [3.05, 3.63) is 58.3 Å². The van der Waals surface area contributed by atoms with E-state index in [0.29, 0.717) is 11.3 Å². The van der Waals surface area contributed by atoms with Crippen molar-refractivity contribution < 1.29 is 22.3 Å². The number of hydrogen-bond acceptors (Lipinski definition) is 5. The molecule has 2 aromatic carbocycles. The summed E-state index contributed by atoms with van der Waals surface area (Å²) < 4.78 is 44.1. The second-order valence-electron chi connectivity index (χ2n) is 5.43. The maximum absolute atomic E-state index is 13.4. The Morgan fingerprint density at radius 1 is 1.33 bits per heavy atom. The average Bonchev–Trinajstić information content (AvgIpc) is 2.59. The fraction of sp³-hybridized carbons (Fsp3) is 0.176. The number of carbonyl (C=O) groups excluding carboxylic acids is 1. The van der Waals surface area contributed by atoms with Gasteiger partial charge in [-0.1, -0.05) is 22.0 Å². The molecule has 0 saturated carbocycles. The van der Waals surface area contributed by atoms with Crippen molar-refractivity contribution in [2.75, 3.05) is 24.2 Å². The summed E-state index contributed by atoms with van der Waals surface area (Å²) in [5, 5.41) is 3.82. The van der Waals surface area contributed by atoms with E-state index in [1.165, 1.54) is 31.5 Å². The lowest BCUT2D eigenvalue weighted by molar-refractivity contribution is -0.119. The zero-order valence-corrected chi connectivity index (χ0v) is 16.9. The van der Waals surface area contributed by atoms with E-state index in [1.54, 1.807) is 18.2 Å². The molecule has 2 rings (SSSR count). The number of rotatable bonds is 7. The summed E-state index contributed by atoms with van der Waals surface area (Å²) >= 11 is 3.32. The van der Waals surface area contributed by atoms with Crippen molar-refractivity contribution >= 4 is 43.8 Å². The summed E-state index contributed by atoms with van der Waals surface area (Å²) in [5.41, 5.74) is 2.90. The standard InChI is InChI=1S/C17H17BrFN3O4S/c1-26-16-7-6-13(18)8-12(16)10-20-21-17(23)11-22(27(2,24)25)15-5-3-4-14(19)9-15/h3-10H,11H2,1-2H3,(H,21,23)/b20-10-. The van der Waals surface area contributed by atoms with Crippen molar-refractivity contribution in [3.8, 4) is 5.75 Å². The molecule has 0 aliphatic rings. The van der Waals surface area contributed by atoms with Gasteiger partial charge < -0.3 is 4.74 Å². The van der Waals surface area contributed by atoms with E-state index >= 15 is 0 Å². The minimum Gasteiger partial charge on any atom is -0.496 e. The molecule has 0 heterocycles. The zero-order valence-electron chi connectivity index (χ0n) is 14.5. The van der Waals surface area contributed by atoms with Gasteiger partial charge in [0.05, 0.1) is 25.3 Å². The number of hydrazone groups is 1. The van der Waals surface area contributed by atoms with Crippen LogP contribution in [0.5, 0.6) is 5.75 Å². The van der Waals surface area contributed by atoms with E-state index in [2.05, 4.69) is 26.5 Å². The normalized spacial score (nSPS) is 11.4. The topological polar surface area (TPSA) is 88.1 Å². The number of halogens is 2. The number of nitrogens with one attached hydrogen (secondary N) is 1. The number of methoxy groups -OCH3 is 1. The summed E-state index contributed by atoms with van der Waals surface area (Å²) in [4.78, 5) is 12.1. The van der Waals surface area contributed by atoms with Crippen molar-refractivity contribution in [3.63, 3.8) is 0 Å². The molecule has 0 atom stereocenters. The van der Waals surface area contributed by atoms with E-state index < -0.39 is 28.3 Å². The molecular formula is C17H17BrFN3O4S. The molecule has 0 aliphatic heterocycles. The third-order valence-electron chi connectivity index (χ3n) is 3.37. The zero-order chi connectivity index (χ0) is 20.0. The number of carbonyl (C=O) groups is 1. The van der Waals surface area contributed by atoms with Crippen molar-refractivity contribution in [1.82, 2.24) is 5.43 Å². The SMILES string of the molecule is COc1ccc(Br)cc1/C=N\NC(=O)CN(c1cccc(F)c1)S(C)(=O)=O. The maximum Gasteiger partial charge on any atom is 0.260 e. The van der Waals surface area contributed by atoms with Crippen LogP contribution in [0.4, 0.5) is 10.1 Å². The number of amides is 1. The van der Waals surface area contributed by atoms with E-state index in [-0.39, 0.29) is 5.69 Å². The van der Waals surface area contributed by atoms with Gasteiger partial charge in [0.1, 0.15) is 18.1 Å². The molecule has 1 amide bonds. The van der Waals surface area contributed by atoms with Crippen LogP contribution in [-0.4, -0.2) is 40.4 Å². The summed E-state index contributed by atoms with van der Waals surface area (Å²) in [7, 11) is -2.29. The average molecular weight is 458 g/mol. The molecule has 0 fully saturated rings. The smallest absolute Gasteiger partial charge is 0.260 e. The fourth-order valence-electron chi connectivity index (χ4n) is 2.18. The minimum absolute atomic E-state index is 0.0466. The molecular weight excluding hydrogens is 441 g/mol. The highest BCUT2D eigenvalue weighted by molar-refractivity contribution is 9.10. The lowest BCUT2D eigenvalue weighted by Gasteiger charge is -2.21. The summed E-state index contributed by atoms with van der Waals surface area (Å²) in [6, 6.07) is 10.2. The molecule has 0 aliphatic carbocycles. The second kappa shape index (κ2) is 8.96. The molecule has 0 spiro atoms. The third kappa shape index (κ3) is 6.04. The Kier molecular flexibility index (Phi) is 6.92. The summed E-state index contributed by atoms with van der Waals surface area (Å²) in [5.74, 6) is -0.745.